The van der Waals surface area contributed by atoms with E-state index >= 15 is 0 Å². The molecule has 4 rings (SSSR count). The number of unbranched alkanes of at least 4 members (excludes halogenated alkanes) is 2. The van der Waals surface area contributed by atoms with E-state index in [1.807, 2.05) is 0 Å². The van der Waals surface area contributed by atoms with Gasteiger partial charge in [0.25, 0.3) is 0 Å². The van der Waals surface area contributed by atoms with Crippen LogP contribution in [-0.2, 0) is 25.9 Å². The first-order valence-corrected chi connectivity index (χ1v) is 12.0. The molecule has 3 aromatic carbocycles. The standard InChI is InChI=1S/C29H35N3/c1-23-13-17-25(18-14-23)9-5-7-21-31-27-11-3-4-12-28(27)32(29(31)30)22-8-6-10-26-19-15-24(2)16-20-26/h3-4,11-20,30H,5-10,21-22H2,1-2H3. The Morgan fingerprint density at radius 2 is 0.969 bits per heavy atom. The fraction of sp³-hybridized carbons (Fsp3) is 0.345. The minimum Gasteiger partial charge on any atom is -0.310 e. The van der Waals surface area contributed by atoms with E-state index in [-0.39, 0.29) is 0 Å². The van der Waals surface area contributed by atoms with Crippen LogP contribution >= 0.6 is 0 Å². The summed E-state index contributed by atoms with van der Waals surface area (Å²) in [5, 5.41) is 8.85. The second kappa shape index (κ2) is 10.5. The number of rotatable bonds is 10. The number of aromatic nitrogens is 2. The maximum atomic E-state index is 8.85. The predicted molar refractivity (Wildman–Crippen MR) is 134 cm³/mol. The molecule has 32 heavy (non-hydrogen) atoms. The molecule has 1 heterocycles. The molecule has 1 N–H and O–H groups in total. The number of hydrogen-bond acceptors (Lipinski definition) is 1. The largest absolute Gasteiger partial charge is 0.310 e. The Hall–Kier alpha value is -3.07. The average Bonchev–Trinajstić information content (AvgIpc) is 3.07. The van der Waals surface area contributed by atoms with Gasteiger partial charge in [-0.3, -0.25) is 5.41 Å². The van der Waals surface area contributed by atoms with Gasteiger partial charge in [-0.25, -0.2) is 0 Å². The Kier molecular flexibility index (Phi) is 7.26. The number of imidazole rings is 1. The zero-order valence-corrected chi connectivity index (χ0v) is 19.5. The number of nitrogens with zero attached hydrogens (tertiary/aromatic N) is 2. The third kappa shape index (κ3) is 5.40. The average molecular weight is 426 g/mol. The lowest BCUT2D eigenvalue weighted by molar-refractivity contribution is 0.542. The normalized spacial score (nSPS) is 11.3. The molecule has 166 valence electrons. The molecular weight excluding hydrogens is 390 g/mol. The van der Waals surface area contributed by atoms with E-state index in [0.717, 1.165) is 51.6 Å². The number of benzene rings is 3. The quantitative estimate of drug-likeness (QED) is 0.278. The van der Waals surface area contributed by atoms with Gasteiger partial charge in [-0.1, -0.05) is 71.8 Å². The van der Waals surface area contributed by atoms with E-state index in [9.17, 15) is 0 Å². The predicted octanol–water partition coefficient (Wildman–Crippen LogP) is 6.58. The van der Waals surface area contributed by atoms with Crippen LogP contribution < -0.4 is 5.62 Å². The van der Waals surface area contributed by atoms with Gasteiger partial charge in [0.05, 0.1) is 11.0 Å². The van der Waals surface area contributed by atoms with Gasteiger partial charge < -0.3 is 9.13 Å². The Balaban J connectivity index is 1.36. The van der Waals surface area contributed by atoms with Crippen LogP contribution in [0.4, 0.5) is 0 Å². The summed E-state index contributed by atoms with van der Waals surface area (Å²) in [6.07, 6.45) is 6.67. The lowest BCUT2D eigenvalue weighted by atomic mass is 10.1. The second-order valence-corrected chi connectivity index (χ2v) is 9.00. The van der Waals surface area contributed by atoms with Crippen molar-refractivity contribution in [1.82, 2.24) is 9.13 Å². The summed E-state index contributed by atoms with van der Waals surface area (Å²) in [5.41, 5.74) is 8.45. The van der Waals surface area contributed by atoms with E-state index in [1.54, 1.807) is 0 Å². The molecule has 0 aliphatic heterocycles. The molecule has 0 radical (unpaired) electrons. The van der Waals surface area contributed by atoms with E-state index < -0.39 is 0 Å². The van der Waals surface area contributed by atoms with Gasteiger partial charge in [0.1, 0.15) is 0 Å². The van der Waals surface area contributed by atoms with Gasteiger partial charge in [-0.2, -0.15) is 0 Å². The minimum atomic E-state index is 0.636. The van der Waals surface area contributed by atoms with Gasteiger partial charge >= 0.3 is 0 Å². The molecule has 3 heteroatoms. The summed E-state index contributed by atoms with van der Waals surface area (Å²) < 4.78 is 4.40. The van der Waals surface area contributed by atoms with E-state index in [1.165, 1.54) is 33.3 Å². The number of hydrogen-bond donors (Lipinski definition) is 1. The van der Waals surface area contributed by atoms with Crippen molar-refractivity contribution >= 4 is 11.0 Å². The van der Waals surface area contributed by atoms with Gasteiger partial charge in [-0.15, -0.1) is 0 Å². The molecule has 3 nitrogen and oxygen atoms in total. The van der Waals surface area contributed by atoms with Crippen LogP contribution in [0.15, 0.2) is 72.8 Å². The van der Waals surface area contributed by atoms with Crippen LogP contribution in [0, 0.1) is 19.3 Å². The topological polar surface area (TPSA) is 33.7 Å². The lowest BCUT2D eigenvalue weighted by Crippen LogP contribution is -2.25. The highest BCUT2D eigenvalue weighted by atomic mass is 15.2. The first-order chi connectivity index (χ1) is 15.6. The monoisotopic (exact) mass is 425 g/mol. The van der Waals surface area contributed by atoms with Crippen LogP contribution in [-0.4, -0.2) is 9.13 Å². The van der Waals surface area contributed by atoms with E-state index in [0.29, 0.717) is 5.62 Å². The fourth-order valence-electron chi connectivity index (χ4n) is 4.45. The smallest absolute Gasteiger partial charge is 0.202 e. The number of aryl methyl sites for hydroxylation is 6. The maximum Gasteiger partial charge on any atom is 0.202 e. The summed E-state index contributed by atoms with van der Waals surface area (Å²) in [4.78, 5) is 0. The Bertz CT molecular complexity index is 1100. The zero-order valence-electron chi connectivity index (χ0n) is 19.5. The number of nitrogens with one attached hydrogen (secondary N) is 1. The molecule has 1 aromatic heterocycles. The molecule has 0 amide bonds. The first kappa shape index (κ1) is 22.1. The van der Waals surface area contributed by atoms with Crippen LogP contribution in [0.1, 0.15) is 47.9 Å². The summed E-state index contributed by atoms with van der Waals surface area (Å²) >= 11 is 0. The molecule has 0 unspecified atom stereocenters. The SMILES string of the molecule is Cc1ccc(CCCCn2c(=N)n(CCCCc3ccc(C)cc3)c3ccccc32)cc1. The van der Waals surface area contributed by atoms with Crippen LogP contribution in [0.5, 0.6) is 0 Å². The highest BCUT2D eigenvalue weighted by Gasteiger charge is 2.10. The highest BCUT2D eigenvalue weighted by Crippen LogP contribution is 2.16. The third-order valence-electron chi connectivity index (χ3n) is 6.41. The zero-order chi connectivity index (χ0) is 22.3. The molecule has 0 saturated heterocycles. The summed E-state index contributed by atoms with van der Waals surface area (Å²) in [7, 11) is 0. The maximum absolute atomic E-state index is 8.85. The van der Waals surface area contributed by atoms with E-state index in [4.69, 9.17) is 5.41 Å². The highest BCUT2D eigenvalue weighted by molar-refractivity contribution is 5.75. The van der Waals surface area contributed by atoms with Crippen molar-refractivity contribution in [3.05, 3.63) is 101 Å². The van der Waals surface area contributed by atoms with E-state index in [2.05, 4.69) is 95.8 Å². The molecule has 0 bridgehead atoms. The summed E-state index contributed by atoms with van der Waals surface area (Å²) in [5.74, 6) is 0. The van der Waals surface area contributed by atoms with Crippen molar-refractivity contribution in [3.63, 3.8) is 0 Å². The van der Waals surface area contributed by atoms with Gasteiger partial charge in [0.2, 0.25) is 5.62 Å². The molecule has 4 aromatic rings. The van der Waals surface area contributed by atoms with Crippen molar-refractivity contribution in [3.8, 4) is 0 Å². The molecule has 0 spiro atoms. The molecule has 0 aliphatic rings. The molecule has 0 aliphatic carbocycles. The Morgan fingerprint density at radius 3 is 1.38 bits per heavy atom. The third-order valence-corrected chi connectivity index (χ3v) is 6.41. The summed E-state index contributed by atoms with van der Waals surface area (Å²) in [6, 6.07) is 26.2. The molecule has 0 fully saturated rings. The van der Waals surface area contributed by atoms with Gasteiger partial charge in [-0.05, 0) is 75.6 Å². The van der Waals surface area contributed by atoms with Gasteiger partial charge in [0.15, 0.2) is 0 Å². The minimum absolute atomic E-state index is 0.636. The molecular formula is C29H35N3. The fourth-order valence-corrected chi connectivity index (χ4v) is 4.45. The Morgan fingerprint density at radius 1 is 0.562 bits per heavy atom. The van der Waals surface area contributed by atoms with Crippen molar-refractivity contribution in [2.45, 2.75) is 65.5 Å². The van der Waals surface area contributed by atoms with Crippen molar-refractivity contribution in [2.75, 3.05) is 0 Å². The number of fused-ring (bicyclic) bond motifs is 1. The van der Waals surface area contributed by atoms with Crippen LogP contribution in [0.25, 0.3) is 11.0 Å². The Labute approximate surface area is 191 Å². The van der Waals surface area contributed by atoms with Crippen molar-refractivity contribution < 1.29 is 0 Å². The second-order valence-electron chi connectivity index (χ2n) is 9.00. The number of para-hydroxylation sites is 2. The van der Waals surface area contributed by atoms with Crippen LogP contribution in [0.3, 0.4) is 0 Å². The van der Waals surface area contributed by atoms with Crippen LogP contribution in [0.2, 0.25) is 0 Å². The van der Waals surface area contributed by atoms with Gasteiger partial charge in [0, 0.05) is 13.1 Å². The first-order valence-electron chi connectivity index (χ1n) is 12.0. The molecule has 0 atom stereocenters. The van der Waals surface area contributed by atoms with Crippen molar-refractivity contribution in [2.24, 2.45) is 0 Å². The van der Waals surface area contributed by atoms with Crippen molar-refractivity contribution in [1.29, 1.82) is 5.41 Å². The lowest BCUT2D eigenvalue weighted by Gasteiger charge is -2.06. The summed E-state index contributed by atoms with van der Waals surface area (Å²) in [6.45, 7) is 6.08. The molecule has 0 saturated carbocycles.